The summed E-state index contributed by atoms with van der Waals surface area (Å²) >= 11 is 2.93. The molecule has 33 heavy (non-hydrogen) atoms. The predicted octanol–water partition coefficient (Wildman–Crippen LogP) is 6.03. The second-order valence-electron chi connectivity index (χ2n) is 6.80. The van der Waals surface area contributed by atoms with Crippen LogP contribution in [0.3, 0.4) is 0 Å². The maximum Gasteiger partial charge on any atom is 0.573 e. The highest BCUT2D eigenvalue weighted by atomic mass is 32.2. The van der Waals surface area contributed by atoms with E-state index in [1.54, 1.807) is 25.6 Å². The lowest BCUT2D eigenvalue weighted by molar-refractivity contribution is -0.274. The fourth-order valence-corrected chi connectivity index (χ4v) is 4.54. The fraction of sp³-hybridized carbons (Fsp3) is 0.318. The smallest absolute Gasteiger partial charge is 0.479 e. The Balaban J connectivity index is 1.58. The molecule has 11 heteroatoms. The van der Waals surface area contributed by atoms with Crippen molar-refractivity contribution in [3.63, 3.8) is 0 Å². The van der Waals surface area contributed by atoms with Crippen LogP contribution in [0.4, 0.5) is 13.2 Å². The van der Waals surface area contributed by atoms with Crippen LogP contribution in [0.2, 0.25) is 0 Å². The number of carbonyl (C=O) groups is 1. The second kappa shape index (κ2) is 10.9. The van der Waals surface area contributed by atoms with Gasteiger partial charge in [0.15, 0.2) is 6.10 Å². The number of aromatic nitrogens is 2. The summed E-state index contributed by atoms with van der Waals surface area (Å²) in [5.74, 6) is 0.484. The average molecular weight is 499 g/mol. The van der Waals surface area contributed by atoms with Gasteiger partial charge < -0.3 is 14.2 Å². The number of esters is 1. The van der Waals surface area contributed by atoms with Gasteiger partial charge in [0, 0.05) is 10.5 Å². The third kappa shape index (κ3) is 7.36. The number of ether oxygens (including phenoxy) is 3. The molecule has 0 aliphatic carbocycles. The molecule has 1 aromatic heterocycles. The van der Waals surface area contributed by atoms with Crippen molar-refractivity contribution in [2.75, 3.05) is 6.61 Å². The Morgan fingerprint density at radius 1 is 1.15 bits per heavy atom. The zero-order valence-corrected chi connectivity index (χ0v) is 19.6. The molecule has 1 atom stereocenters. The molecule has 3 aromatic rings. The van der Waals surface area contributed by atoms with Gasteiger partial charge in [-0.05, 0) is 68.8 Å². The lowest BCUT2D eigenvalue weighted by Crippen LogP contribution is -2.26. The SMILES string of the molecule is CCOC(=O)C(C)Oc1ccc(SCc2nnc(-c3ccc(OC(F)(F)F)cc3)s2)cc1C. The van der Waals surface area contributed by atoms with E-state index in [-0.39, 0.29) is 5.75 Å². The largest absolute Gasteiger partial charge is 0.573 e. The van der Waals surface area contributed by atoms with Gasteiger partial charge in [0.05, 0.1) is 12.4 Å². The van der Waals surface area contributed by atoms with Crippen LogP contribution in [0.15, 0.2) is 47.4 Å². The average Bonchev–Trinajstić information content (AvgIpc) is 3.22. The molecule has 0 aliphatic heterocycles. The van der Waals surface area contributed by atoms with Crippen molar-refractivity contribution in [3.05, 3.63) is 53.0 Å². The topological polar surface area (TPSA) is 70.5 Å². The quantitative estimate of drug-likeness (QED) is 0.263. The number of benzene rings is 2. The number of halogens is 3. The van der Waals surface area contributed by atoms with Crippen LogP contribution in [0.25, 0.3) is 10.6 Å². The highest BCUT2D eigenvalue weighted by molar-refractivity contribution is 7.98. The minimum Gasteiger partial charge on any atom is -0.479 e. The molecule has 1 heterocycles. The summed E-state index contributed by atoms with van der Waals surface area (Å²) < 4.78 is 51.4. The van der Waals surface area contributed by atoms with Gasteiger partial charge in [-0.15, -0.1) is 35.1 Å². The number of hydrogen-bond acceptors (Lipinski definition) is 8. The molecule has 0 N–H and O–H groups in total. The Hall–Kier alpha value is -2.79. The van der Waals surface area contributed by atoms with Gasteiger partial charge in [0.1, 0.15) is 21.5 Å². The molecule has 0 saturated carbocycles. The molecule has 6 nitrogen and oxygen atoms in total. The minimum atomic E-state index is -4.73. The summed E-state index contributed by atoms with van der Waals surface area (Å²) in [4.78, 5) is 12.7. The predicted molar refractivity (Wildman–Crippen MR) is 119 cm³/mol. The number of nitrogens with zero attached hydrogens (tertiary/aromatic N) is 2. The van der Waals surface area contributed by atoms with Crippen LogP contribution in [0.5, 0.6) is 11.5 Å². The van der Waals surface area contributed by atoms with Crippen molar-refractivity contribution in [2.24, 2.45) is 0 Å². The van der Waals surface area contributed by atoms with Gasteiger partial charge in [0.25, 0.3) is 0 Å². The van der Waals surface area contributed by atoms with Crippen molar-refractivity contribution in [2.45, 2.75) is 43.9 Å². The maximum atomic E-state index is 12.3. The summed E-state index contributed by atoms with van der Waals surface area (Å²) in [6.07, 6.45) is -5.42. The van der Waals surface area contributed by atoms with E-state index in [1.807, 2.05) is 25.1 Å². The molecule has 3 rings (SSSR count). The molecule has 0 radical (unpaired) electrons. The van der Waals surface area contributed by atoms with E-state index in [4.69, 9.17) is 9.47 Å². The van der Waals surface area contributed by atoms with Crippen molar-refractivity contribution in [3.8, 4) is 22.1 Å². The van der Waals surface area contributed by atoms with Crippen molar-refractivity contribution in [1.82, 2.24) is 10.2 Å². The van der Waals surface area contributed by atoms with E-state index in [0.717, 1.165) is 15.5 Å². The molecule has 2 aromatic carbocycles. The summed E-state index contributed by atoms with van der Waals surface area (Å²) in [6, 6.07) is 11.2. The summed E-state index contributed by atoms with van der Waals surface area (Å²) in [5, 5.41) is 9.68. The van der Waals surface area contributed by atoms with Gasteiger partial charge in [-0.3, -0.25) is 0 Å². The highest BCUT2D eigenvalue weighted by Crippen LogP contribution is 2.32. The molecule has 0 bridgehead atoms. The Morgan fingerprint density at radius 2 is 1.88 bits per heavy atom. The van der Waals surface area contributed by atoms with E-state index in [1.165, 1.54) is 35.6 Å². The van der Waals surface area contributed by atoms with Gasteiger partial charge in [-0.1, -0.05) is 11.3 Å². The second-order valence-corrected chi connectivity index (χ2v) is 8.91. The Bertz CT molecular complexity index is 1090. The minimum absolute atomic E-state index is 0.286. The lowest BCUT2D eigenvalue weighted by atomic mass is 10.2. The monoisotopic (exact) mass is 498 g/mol. The molecule has 176 valence electrons. The van der Waals surface area contributed by atoms with E-state index in [9.17, 15) is 18.0 Å². The molecule has 0 aliphatic rings. The Kier molecular flexibility index (Phi) is 8.20. The van der Waals surface area contributed by atoms with Gasteiger partial charge in [-0.25, -0.2) is 4.79 Å². The van der Waals surface area contributed by atoms with E-state index < -0.39 is 18.4 Å². The number of hydrogen-bond donors (Lipinski definition) is 0. The molecular formula is C22H21F3N2O4S2. The molecule has 0 amide bonds. The number of carbonyl (C=O) groups excluding carboxylic acids is 1. The van der Waals surface area contributed by atoms with Gasteiger partial charge in [0.2, 0.25) is 0 Å². The molecule has 0 saturated heterocycles. The van der Waals surface area contributed by atoms with Crippen molar-refractivity contribution in [1.29, 1.82) is 0 Å². The summed E-state index contributed by atoms with van der Waals surface area (Å²) in [7, 11) is 0. The summed E-state index contributed by atoms with van der Waals surface area (Å²) in [5.41, 5.74) is 1.54. The Morgan fingerprint density at radius 3 is 2.52 bits per heavy atom. The van der Waals surface area contributed by atoms with Gasteiger partial charge in [-0.2, -0.15) is 0 Å². The van der Waals surface area contributed by atoms with Crippen LogP contribution < -0.4 is 9.47 Å². The van der Waals surface area contributed by atoms with E-state index in [0.29, 0.717) is 28.7 Å². The number of alkyl halides is 3. The van der Waals surface area contributed by atoms with Crippen molar-refractivity contribution >= 4 is 29.1 Å². The first kappa shape index (κ1) is 24.8. The van der Waals surface area contributed by atoms with Gasteiger partial charge >= 0.3 is 12.3 Å². The zero-order chi connectivity index (χ0) is 24.0. The fourth-order valence-electron chi connectivity index (χ4n) is 2.71. The van der Waals surface area contributed by atoms with Crippen LogP contribution >= 0.6 is 23.1 Å². The van der Waals surface area contributed by atoms with Crippen LogP contribution in [0, 0.1) is 6.92 Å². The maximum absolute atomic E-state index is 12.3. The lowest BCUT2D eigenvalue weighted by Gasteiger charge is -2.15. The molecule has 1 unspecified atom stereocenters. The number of thioether (sulfide) groups is 1. The number of aryl methyl sites for hydroxylation is 1. The molecular weight excluding hydrogens is 477 g/mol. The third-order valence-corrected chi connectivity index (χ3v) is 6.39. The molecule has 0 fully saturated rings. The van der Waals surface area contributed by atoms with E-state index >= 15 is 0 Å². The van der Waals surface area contributed by atoms with Crippen molar-refractivity contribution < 1.29 is 32.2 Å². The first-order valence-corrected chi connectivity index (χ1v) is 11.7. The van der Waals surface area contributed by atoms with Crippen LogP contribution in [-0.4, -0.2) is 35.2 Å². The number of rotatable bonds is 9. The summed E-state index contributed by atoms with van der Waals surface area (Å²) in [6.45, 7) is 5.58. The zero-order valence-electron chi connectivity index (χ0n) is 18.0. The first-order valence-electron chi connectivity index (χ1n) is 9.90. The van der Waals surface area contributed by atoms with Crippen LogP contribution in [0.1, 0.15) is 24.4 Å². The standard InChI is InChI=1S/C22H21F3N2O4S2/c1-4-29-21(28)14(3)30-18-10-9-17(11-13(18)2)32-12-19-26-27-20(33-19)15-5-7-16(8-6-15)31-22(23,24)25/h5-11,14H,4,12H2,1-3H3. The van der Waals surface area contributed by atoms with E-state index in [2.05, 4.69) is 14.9 Å². The van der Waals surface area contributed by atoms with Crippen LogP contribution in [-0.2, 0) is 15.3 Å². The third-order valence-electron chi connectivity index (χ3n) is 4.23. The highest BCUT2D eigenvalue weighted by Gasteiger charge is 2.31. The normalized spacial score (nSPS) is 12.3. The molecule has 0 spiro atoms. The first-order chi connectivity index (χ1) is 15.6. The Labute approximate surface area is 197 Å².